The van der Waals surface area contributed by atoms with E-state index in [0.717, 1.165) is 0 Å². The molecule has 0 aliphatic carbocycles. The molecular weight excluding hydrogens is 238 g/mol. The molecule has 1 heterocycles. The fraction of sp³-hybridized carbons (Fsp3) is 0. The van der Waals surface area contributed by atoms with Gasteiger partial charge < -0.3 is 11.1 Å². The minimum absolute atomic E-state index is 0.275. The minimum atomic E-state index is -0.583. The van der Waals surface area contributed by atoms with Crippen molar-refractivity contribution in [2.45, 2.75) is 0 Å². The summed E-state index contributed by atoms with van der Waals surface area (Å²) in [5.74, 6) is -0.936. The van der Waals surface area contributed by atoms with E-state index in [0.29, 0.717) is 10.7 Å². The minimum Gasteiger partial charge on any atom is -0.366 e. The summed E-state index contributed by atoms with van der Waals surface area (Å²) < 4.78 is 0. The van der Waals surface area contributed by atoms with Crippen LogP contribution in [0.1, 0.15) is 20.2 Å². The number of hydrogen-bond donors (Lipinski definition) is 2. The molecule has 5 nitrogen and oxygen atoms in total. The highest BCUT2D eigenvalue weighted by molar-refractivity contribution is 7.11. The highest BCUT2D eigenvalue weighted by Gasteiger charge is 2.12. The third-order valence-corrected chi connectivity index (χ3v) is 2.84. The zero-order chi connectivity index (χ0) is 12.3. The van der Waals surface area contributed by atoms with Crippen LogP contribution in [-0.4, -0.2) is 16.8 Å². The normalized spacial score (nSPS) is 9.88. The number of rotatable bonds is 3. The van der Waals surface area contributed by atoms with Crippen LogP contribution in [0.15, 0.2) is 35.8 Å². The van der Waals surface area contributed by atoms with Crippen molar-refractivity contribution in [3.8, 4) is 0 Å². The molecule has 0 spiro atoms. The van der Waals surface area contributed by atoms with Crippen molar-refractivity contribution < 1.29 is 9.59 Å². The Hall–Kier alpha value is -2.21. The molecular formula is C11H9N3O2S. The maximum atomic E-state index is 11.7. The van der Waals surface area contributed by atoms with E-state index < -0.39 is 5.91 Å². The molecule has 0 aliphatic rings. The number of primary amides is 1. The number of nitrogens with zero attached hydrogens (tertiary/aromatic N) is 1. The van der Waals surface area contributed by atoms with Gasteiger partial charge in [0.15, 0.2) is 5.01 Å². The molecule has 1 aromatic heterocycles. The number of carbonyl (C=O) groups excluding carboxylic acids is 2. The standard InChI is InChI=1S/C11H9N3O2S/c12-9(15)7-3-1-2-4-8(7)14-10(16)11-13-5-6-17-11/h1-6H,(H2,12,15)(H,14,16). The van der Waals surface area contributed by atoms with Gasteiger partial charge in [0.2, 0.25) is 0 Å². The predicted molar refractivity (Wildman–Crippen MR) is 65.0 cm³/mol. The first-order valence-electron chi connectivity index (χ1n) is 4.78. The van der Waals surface area contributed by atoms with E-state index >= 15 is 0 Å². The number of para-hydroxylation sites is 1. The van der Waals surface area contributed by atoms with Gasteiger partial charge in [-0.2, -0.15) is 0 Å². The smallest absolute Gasteiger partial charge is 0.284 e. The van der Waals surface area contributed by atoms with Gasteiger partial charge in [0, 0.05) is 11.6 Å². The molecule has 0 fully saturated rings. The average molecular weight is 247 g/mol. The second kappa shape index (κ2) is 4.75. The van der Waals surface area contributed by atoms with Gasteiger partial charge in [0.05, 0.1) is 11.3 Å². The van der Waals surface area contributed by atoms with E-state index in [2.05, 4.69) is 10.3 Å². The zero-order valence-corrected chi connectivity index (χ0v) is 9.53. The molecule has 6 heteroatoms. The van der Waals surface area contributed by atoms with Crippen molar-refractivity contribution in [1.29, 1.82) is 0 Å². The van der Waals surface area contributed by atoms with Crippen LogP contribution in [0.3, 0.4) is 0 Å². The summed E-state index contributed by atoms with van der Waals surface area (Å²) >= 11 is 1.23. The predicted octanol–water partition coefficient (Wildman–Crippen LogP) is 1.49. The molecule has 0 bridgehead atoms. The molecule has 86 valence electrons. The van der Waals surface area contributed by atoms with Gasteiger partial charge in [-0.15, -0.1) is 11.3 Å². The molecule has 17 heavy (non-hydrogen) atoms. The molecule has 2 amide bonds. The molecule has 0 saturated heterocycles. The van der Waals surface area contributed by atoms with Crippen LogP contribution in [0.4, 0.5) is 5.69 Å². The van der Waals surface area contributed by atoms with Gasteiger partial charge in [0.25, 0.3) is 11.8 Å². The summed E-state index contributed by atoms with van der Waals surface area (Å²) in [6.07, 6.45) is 1.54. The van der Waals surface area contributed by atoms with Gasteiger partial charge in [-0.1, -0.05) is 12.1 Å². The fourth-order valence-corrected chi connectivity index (χ4v) is 1.85. The Labute approximate surface area is 101 Å². The number of thiazole rings is 1. The lowest BCUT2D eigenvalue weighted by molar-refractivity contribution is 0.100. The number of hydrogen-bond acceptors (Lipinski definition) is 4. The highest BCUT2D eigenvalue weighted by Crippen LogP contribution is 2.16. The quantitative estimate of drug-likeness (QED) is 0.861. The molecule has 2 aromatic rings. The first-order valence-corrected chi connectivity index (χ1v) is 5.66. The molecule has 0 radical (unpaired) electrons. The lowest BCUT2D eigenvalue weighted by Crippen LogP contribution is -2.18. The molecule has 1 aromatic carbocycles. The Morgan fingerprint density at radius 2 is 2.06 bits per heavy atom. The summed E-state index contributed by atoms with van der Waals surface area (Å²) in [6.45, 7) is 0. The van der Waals surface area contributed by atoms with Crippen LogP contribution in [0.2, 0.25) is 0 Å². The van der Waals surface area contributed by atoms with E-state index in [1.807, 2.05) is 0 Å². The summed E-state index contributed by atoms with van der Waals surface area (Å²) in [4.78, 5) is 26.8. The van der Waals surface area contributed by atoms with Crippen LogP contribution in [0.5, 0.6) is 0 Å². The van der Waals surface area contributed by atoms with Gasteiger partial charge in [-0.3, -0.25) is 9.59 Å². The van der Waals surface area contributed by atoms with Crippen molar-refractivity contribution >= 4 is 28.8 Å². The molecule has 2 rings (SSSR count). The van der Waals surface area contributed by atoms with Crippen molar-refractivity contribution in [3.05, 3.63) is 46.4 Å². The highest BCUT2D eigenvalue weighted by atomic mass is 32.1. The Balaban J connectivity index is 2.25. The monoisotopic (exact) mass is 247 g/mol. The van der Waals surface area contributed by atoms with Gasteiger partial charge in [0.1, 0.15) is 0 Å². The van der Waals surface area contributed by atoms with E-state index in [9.17, 15) is 9.59 Å². The van der Waals surface area contributed by atoms with Crippen molar-refractivity contribution in [2.24, 2.45) is 5.73 Å². The Bertz CT molecular complexity index is 552. The van der Waals surface area contributed by atoms with Crippen LogP contribution in [0, 0.1) is 0 Å². The number of benzene rings is 1. The van der Waals surface area contributed by atoms with E-state index in [1.165, 1.54) is 11.3 Å². The zero-order valence-electron chi connectivity index (χ0n) is 8.71. The molecule has 3 N–H and O–H groups in total. The Morgan fingerprint density at radius 3 is 2.71 bits per heavy atom. The summed E-state index contributed by atoms with van der Waals surface area (Å²) in [5.41, 5.74) is 5.87. The largest absolute Gasteiger partial charge is 0.366 e. The third-order valence-electron chi connectivity index (χ3n) is 2.07. The van der Waals surface area contributed by atoms with Crippen LogP contribution >= 0.6 is 11.3 Å². The van der Waals surface area contributed by atoms with E-state index in [-0.39, 0.29) is 11.5 Å². The van der Waals surface area contributed by atoms with Crippen LogP contribution in [-0.2, 0) is 0 Å². The summed E-state index contributed by atoms with van der Waals surface area (Å²) in [6, 6.07) is 6.56. The van der Waals surface area contributed by atoms with Crippen molar-refractivity contribution in [2.75, 3.05) is 5.32 Å². The first kappa shape index (κ1) is 11.3. The fourth-order valence-electron chi connectivity index (χ4n) is 1.32. The maximum Gasteiger partial charge on any atom is 0.284 e. The topological polar surface area (TPSA) is 85.1 Å². The van der Waals surface area contributed by atoms with E-state index in [1.54, 1.807) is 35.8 Å². The molecule has 0 unspecified atom stereocenters. The average Bonchev–Trinajstić information content (AvgIpc) is 2.83. The van der Waals surface area contributed by atoms with Gasteiger partial charge in [-0.05, 0) is 12.1 Å². The number of carbonyl (C=O) groups is 2. The maximum absolute atomic E-state index is 11.7. The van der Waals surface area contributed by atoms with Crippen molar-refractivity contribution in [1.82, 2.24) is 4.98 Å². The Kier molecular flexibility index (Phi) is 3.15. The third kappa shape index (κ3) is 2.48. The van der Waals surface area contributed by atoms with Gasteiger partial charge >= 0.3 is 0 Å². The first-order chi connectivity index (χ1) is 8.18. The lowest BCUT2D eigenvalue weighted by Gasteiger charge is -2.06. The second-order valence-electron chi connectivity index (χ2n) is 3.20. The lowest BCUT2D eigenvalue weighted by atomic mass is 10.1. The summed E-state index contributed by atoms with van der Waals surface area (Å²) in [5, 5.41) is 4.64. The van der Waals surface area contributed by atoms with Gasteiger partial charge in [-0.25, -0.2) is 4.98 Å². The number of aromatic nitrogens is 1. The van der Waals surface area contributed by atoms with Crippen molar-refractivity contribution in [3.63, 3.8) is 0 Å². The summed E-state index contributed by atoms with van der Waals surface area (Å²) in [7, 11) is 0. The van der Waals surface area contributed by atoms with Crippen LogP contribution in [0.25, 0.3) is 0 Å². The second-order valence-corrected chi connectivity index (χ2v) is 4.10. The Morgan fingerprint density at radius 1 is 1.29 bits per heavy atom. The number of amides is 2. The number of nitrogens with two attached hydrogens (primary N) is 1. The van der Waals surface area contributed by atoms with E-state index in [4.69, 9.17) is 5.73 Å². The molecule has 0 atom stereocenters. The molecule has 0 saturated carbocycles. The van der Waals surface area contributed by atoms with Crippen LogP contribution < -0.4 is 11.1 Å². The number of anilines is 1. The SMILES string of the molecule is NC(=O)c1ccccc1NC(=O)c1nccs1. The molecule has 0 aliphatic heterocycles. The number of nitrogens with one attached hydrogen (secondary N) is 1.